The van der Waals surface area contributed by atoms with Gasteiger partial charge in [0.1, 0.15) is 9.53 Å². The van der Waals surface area contributed by atoms with Gasteiger partial charge in [-0.15, -0.1) is 0 Å². The van der Waals surface area contributed by atoms with Crippen LogP contribution in [0, 0.1) is 5.92 Å². The SMILES string of the molecule is CCC(C)(I)C(=O)OC1CCCC(C(O)(CC)CC)C1. The van der Waals surface area contributed by atoms with Crippen molar-refractivity contribution in [2.75, 3.05) is 0 Å². The minimum Gasteiger partial charge on any atom is -0.461 e. The molecule has 4 heteroatoms. The molecule has 1 fully saturated rings. The largest absolute Gasteiger partial charge is 0.461 e. The minimum atomic E-state index is -0.594. The Balaban J connectivity index is 2.64. The summed E-state index contributed by atoms with van der Waals surface area (Å²) in [6, 6.07) is 0. The number of hydrogen-bond donors (Lipinski definition) is 1. The molecular weight excluding hydrogens is 367 g/mol. The van der Waals surface area contributed by atoms with Crippen LogP contribution in [-0.4, -0.2) is 26.2 Å². The van der Waals surface area contributed by atoms with Gasteiger partial charge in [0.05, 0.1) is 5.60 Å². The highest BCUT2D eigenvalue weighted by atomic mass is 127. The summed E-state index contributed by atoms with van der Waals surface area (Å²) in [6.07, 6.45) is 6.11. The Kier molecular flexibility index (Phi) is 6.77. The predicted octanol–water partition coefficient (Wildman–Crippen LogP) is 4.24. The smallest absolute Gasteiger partial charge is 0.322 e. The topological polar surface area (TPSA) is 46.5 Å². The first-order chi connectivity index (χ1) is 9.29. The summed E-state index contributed by atoms with van der Waals surface area (Å²) in [5.41, 5.74) is -0.594. The van der Waals surface area contributed by atoms with Gasteiger partial charge in [0.25, 0.3) is 0 Å². The third-order valence-corrected chi connectivity index (χ3v) is 6.18. The van der Waals surface area contributed by atoms with Gasteiger partial charge in [-0.1, -0.05) is 43.4 Å². The average molecular weight is 396 g/mol. The number of aliphatic hydroxyl groups is 1. The lowest BCUT2D eigenvalue weighted by atomic mass is 9.73. The fraction of sp³-hybridized carbons (Fsp3) is 0.938. The molecule has 1 aliphatic rings. The van der Waals surface area contributed by atoms with Crippen LogP contribution in [0.5, 0.6) is 0 Å². The van der Waals surface area contributed by atoms with Crippen LogP contribution in [0.2, 0.25) is 0 Å². The maximum atomic E-state index is 12.2. The van der Waals surface area contributed by atoms with Crippen molar-refractivity contribution in [2.24, 2.45) is 5.92 Å². The van der Waals surface area contributed by atoms with Gasteiger partial charge in [0.2, 0.25) is 0 Å². The predicted molar refractivity (Wildman–Crippen MR) is 90.1 cm³/mol. The van der Waals surface area contributed by atoms with E-state index in [1.165, 1.54) is 0 Å². The van der Waals surface area contributed by atoms with Gasteiger partial charge in [-0.25, -0.2) is 0 Å². The van der Waals surface area contributed by atoms with E-state index >= 15 is 0 Å². The van der Waals surface area contributed by atoms with Crippen LogP contribution in [0.25, 0.3) is 0 Å². The molecule has 3 nitrogen and oxygen atoms in total. The quantitative estimate of drug-likeness (QED) is 0.415. The maximum Gasteiger partial charge on any atom is 0.322 e. The number of esters is 1. The number of halogens is 1. The molecule has 0 heterocycles. The molecule has 0 aromatic carbocycles. The van der Waals surface area contributed by atoms with Gasteiger partial charge in [-0.3, -0.25) is 4.79 Å². The fourth-order valence-corrected chi connectivity index (χ4v) is 3.11. The van der Waals surface area contributed by atoms with E-state index in [9.17, 15) is 9.90 Å². The molecule has 118 valence electrons. The number of carbonyl (C=O) groups is 1. The van der Waals surface area contributed by atoms with Crippen LogP contribution in [0.3, 0.4) is 0 Å². The molecule has 0 radical (unpaired) electrons. The summed E-state index contributed by atoms with van der Waals surface area (Å²) in [5.74, 6) is 0.147. The van der Waals surface area contributed by atoms with Gasteiger partial charge in [-0.2, -0.15) is 0 Å². The second kappa shape index (κ2) is 7.43. The molecule has 0 amide bonds. The Morgan fingerprint density at radius 3 is 2.35 bits per heavy atom. The first kappa shape index (κ1) is 18.2. The summed E-state index contributed by atoms with van der Waals surface area (Å²) in [7, 11) is 0. The molecule has 3 atom stereocenters. The normalized spacial score (nSPS) is 26.9. The van der Waals surface area contributed by atoms with E-state index in [0.29, 0.717) is 0 Å². The zero-order chi connectivity index (χ0) is 15.4. The highest BCUT2D eigenvalue weighted by Gasteiger charge is 2.39. The molecule has 0 bridgehead atoms. The van der Waals surface area contributed by atoms with Crippen molar-refractivity contribution in [3.63, 3.8) is 0 Å². The Morgan fingerprint density at radius 1 is 1.25 bits per heavy atom. The summed E-state index contributed by atoms with van der Waals surface area (Å²) in [6.45, 7) is 8.01. The Morgan fingerprint density at radius 2 is 1.85 bits per heavy atom. The second-order valence-electron chi connectivity index (χ2n) is 6.25. The summed E-state index contributed by atoms with van der Waals surface area (Å²) >= 11 is 2.17. The number of rotatable bonds is 6. The van der Waals surface area contributed by atoms with Gasteiger partial charge < -0.3 is 9.84 Å². The lowest BCUT2D eigenvalue weighted by Gasteiger charge is -2.40. The molecule has 0 aromatic heterocycles. The Labute approximate surface area is 137 Å². The number of ether oxygens (including phenoxy) is 1. The molecule has 1 rings (SSSR count). The molecule has 20 heavy (non-hydrogen) atoms. The van der Waals surface area contributed by atoms with E-state index in [0.717, 1.165) is 44.9 Å². The summed E-state index contributed by atoms with van der Waals surface area (Å²) < 4.78 is 5.27. The molecule has 3 unspecified atom stereocenters. The summed E-state index contributed by atoms with van der Waals surface area (Å²) in [5, 5.41) is 10.7. The van der Waals surface area contributed by atoms with Crippen LogP contribution in [-0.2, 0) is 9.53 Å². The lowest BCUT2D eigenvalue weighted by molar-refractivity contribution is -0.156. The molecule has 0 aromatic rings. The molecular formula is C16H29IO3. The van der Waals surface area contributed by atoms with Gasteiger partial charge in [0.15, 0.2) is 0 Å². The zero-order valence-corrected chi connectivity index (χ0v) is 15.4. The van der Waals surface area contributed by atoms with Crippen molar-refractivity contribution in [1.82, 2.24) is 0 Å². The maximum absolute atomic E-state index is 12.2. The molecule has 1 aliphatic carbocycles. The first-order valence-corrected chi connectivity index (χ1v) is 8.99. The lowest BCUT2D eigenvalue weighted by Crippen LogP contribution is -2.42. The van der Waals surface area contributed by atoms with E-state index in [2.05, 4.69) is 22.6 Å². The van der Waals surface area contributed by atoms with Gasteiger partial charge >= 0.3 is 5.97 Å². The third kappa shape index (κ3) is 4.33. The van der Waals surface area contributed by atoms with E-state index in [-0.39, 0.29) is 18.0 Å². The monoisotopic (exact) mass is 396 g/mol. The van der Waals surface area contributed by atoms with E-state index in [4.69, 9.17) is 4.74 Å². The number of hydrogen-bond acceptors (Lipinski definition) is 3. The second-order valence-corrected chi connectivity index (χ2v) is 8.63. The molecule has 0 spiro atoms. The third-order valence-electron chi connectivity index (χ3n) is 4.97. The number of carbonyl (C=O) groups excluding carboxylic acids is 1. The van der Waals surface area contributed by atoms with Crippen molar-refractivity contribution < 1.29 is 14.6 Å². The van der Waals surface area contributed by atoms with Crippen molar-refractivity contribution in [2.45, 2.75) is 87.8 Å². The first-order valence-electron chi connectivity index (χ1n) is 7.91. The van der Waals surface area contributed by atoms with Crippen molar-refractivity contribution in [1.29, 1.82) is 0 Å². The van der Waals surface area contributed by atoms with E-state index in [1.807, 2.05) is 27.7 Å². The molecule has 0 saturated heterocycles. The van der Waals surface area contributed by atoms with Gasteiger partial charge in [-0.05, 0) is 57.8 Å². The molecule has 1 saturated carbocycles. The van der Waals surface area contributed by atoms with Crippen LogP contribution in [0.4, 0.5) is 0 Å². The highest BCUT2D eigenvalue weighted by molar-refractivity contribution is 14.1. The van der Waals surface area contributed by atoms with Crippen molar-refractivity contribution >= 4 is 28.6 Å². The Bertz CT molecular complexity index is 324. The Hall–Kier alpha value is 0.160. The summed E-state index contributed by atoms with van der Waals surface area (Å²) in [4.78, 5) is 12.2. The van der Waals surface area contributed by atoms with Crippen LogP contribution in [0.1, 0.15) is 72.6 Å². The molecule has 1 N–H and O–H groups in total. The van der Waals surface area contributed by atoms with E-state index < -0.39 is 9.02 Å². The van der Waals surface area contributed by atoms with Crippen molar-refractivity contribution in [3.05, 3.63) is 0 Å². The molecule has 0 aliphatic heterocycles. The fourth-order valence-electron chi connectivity index (χ4n) is 2.99. The van der Waals surface area contributed by atoms with E-state index in [1.54, 1.807) is 0 Å². The van der Waals surface area contributed by atoms with Gasteiger partial charge in [0, 0.05) is 0 Å². The van der Waals surface area contributed by atoms with Crippen molar-refractivity contribution in [3.8, 4) is 0 Å². The van der Waals surface area contributed by atoms with Crippen LogP contribution < -0.4 is 0 Å². The highest BCUT2D eigenvalue weighted by Crippen LogP contribution is 2.38. The van der Waals surface area contributed by atoms with Crippen LogP contribution >= 0.6 is 22.6 Å². The average Bonchev–Trinajstić information content (AvgIpc) is 2.46. The standard InChI is InChI=1S/C16H29IO3/c1-5-15(4,17)14(18)20-13-10-8-9-12(11-13)16(19,6-2)7-3/h12-13,19H,5-11H2,1-4H3. The van der Waals surface area contributed by atoms with Crippen LogP contribution in [0.15, 0.2) is 0 Å². The zero-order valence-electron chi connectivity index (χ0n) is 13.2. The number of alkyl halides is 1. The minimum absolute atomic E-state index is 0.0217.